The average Bonchev–Trinajstić information content (AvgIpc) is 2.58. The number of Topliss-reactive ketones (excluding diaryl/α,β-unsaturated/α-hetero) is 1. The Kier molecular flexibility index (Phi) is 5.52. The van der Waals surface area contributed by atoms with Gasteiger partial charge >= 0.3 is 12.1 Å². The number of ketones is 1. The minimum atomic E-state index is -4.63. The number of carbonyl (C=O) groups is 2. The molecule has 0 aliphatic heterocycles. The number of aliphatic hydroxyl groups excluding tert-OH is 1. The Morgan fingerprint density at radius 1 is 1.15 bits per heavy atom. The molecule has 2 rings (SSSR count). The van der Waals surface area contributed by atoms with Crippen molar-refractivity contribution in [2.75, 3.05) is 0 Å². The highest BCUT2D eigenvalue weighted by atomic mass is 35.5. The van der Waals surface area contributed by atoms with E-state index in [0.29, 0.717) is 6.07 Å². The summed E-state index contributed by atoms with van der Waals surface area (Å²) >= 11 is 5.85. The molecule has 27 heavy (non-hydrogen) atoms. The normalized spacial score (nSPS) is 12.5. The summed E-state index contributed by atoms with van der Waals surface area (Å²) in [5.41, 5.74) is -2.45. The average molecular weight is 404 g/mol. The lowest BCUT2D eigenvalue weighted by Crippen LogP contribution is -2.30. The van der Waals surface area contributed by atoms with Crippen LogP contribution in [0.15, 0.2) is 36.4 Å². The smallest absolute Gasteiger partial charge is 0.416 e. The standard InChI is InChI=1S/C16H9ClF3NO6/c17-11-6-8(16(18,19)20)2-3-9(11)7-1-4-12(21(26)27)10(5-7)13(22)14(23)15(24)25/h1-6,14,23H,(H,24,25). The summed E-state index contributed by atoms with van der Waals surface area (Å²) in [6.45, 7) is 0. The Labute approximate surface area is 153 Å². The number of aliphatic carboxylic acids is 1. The number of nitro groups is 1. The van der Waals surface area contributed by atoms with Gasteiger partial charge in [0.1, 0.15) is 0 Å². The topological polar surface area (TPSA) is 118 Å². The van der Waals surface area contributed by atoms with Crippen molar-refractivity contribution in [1.82, 2.24) is 0 Å². The minimum absolute atomic E-state index is 0.0263. The largest absolute Gasteiger partial charge is 0.479 e. The molecule has 0 aromatic heterocycles. The van der Waals surface area contributed by atoms with E-state index in [9.17, 15) is 38.0 Å². The van der Waals surface area contributed by atoms with E-state index >= 15 is 0 Å². The third-order valence-electron chi connectivity index (χ3n) is 3.55. The number of rotatable bonds is 5. The van der Waals surface area contributed by atoms with Gasteiger partial charge in [-0.1, -0.05) is 17.7 Å². The number of nitrogens with zero attached hydrogens (tertiary/aromatic N) is 1. The third kappa shape index (κ3) is 4.23. The first-order valence-corrected chi connectivity index (χ1v) is 7.42. The number of carbonyl (C=O) groups excluding carboxylic acids is 1. The number of nitro benzene ring substituents is 1. The second-order valence-electron chi connectivity index (χ2n) is 5.29. The summed E-state index contributed by atoms with van der Waals surface area (Å²) in [4.78, 5) is 32.9. The van der Waals surface area contributed by atoms with E-state index in [-0.39, 0.29) is 16.1 Å². The summed E-state index contributed by atoms with van der Waals surface area (Å²) in [5, 5.41) is 28.8. The van der Waals surface area contributed by atoms with Crippen LogP contribution in [-0.2, 0) is 11.0 Å². The molecule has 0 radical (unpaired) electrons. The van der Waals surface area contributed by atoms with Crippen LogP contribution in [0.1, 0.15) is 15.9 Å². The molecule has 0 fully saturated rings. The molecule has 0 amide bonds. The minimum Gasteiger partial charge on any atom is -0.479 e. The first-order chi connectivity index (χ1) is 12.4. The second-order valence-corrected chi connectivity index (χ2v) is 5.69. The Morgan fingerprint density at radius 3 is 2.26 bits per heavy atom. The van der Waals surface area contributed by atoms with Crippen LogP contribution < -0.4 is 0 Å². The Morgan fingerprint density at radius 2 is 1.78 bits per heavy atom. The number of hydrogen-bond donors (Lipinski definition) is 2. The van der Waals surface area contributed by atoms with Crippen molar-refractivity contribution >= 4 is 29.0 Å². The number of alkyl halides is 3. The maximum Gasteiger partial charge on any atom is 0.416 e. The molecule has 0 heterocycles. The van der Waals surface area contributed by atoms with Crippen LogP contribution in [0.3, 0.4) is 0 Å². The molecule has 11 heteroatoms. The highest BCUT2D eigenvalue weighted by Gasteiger charge is 2.32. The Bertz CT molecular complexity index is 944. The van der Waals surface area contributed by atoms with Crippen molar-refractivity contribution in [2.24, 2.45) is 0 Å². The van der Waals surface area contributed by atoms with Crippen molar-refractivity contribution in [2.45, 2.75) is 12.3 Å². The molecule has 1 unspecified atom stereocenters. The predicted molar refractivity (Wildman–Crippen MR) is 86.5 cm³/mol. The maximum absolute atomic E-state index is 12.7. The van der Waals surface area contributed by atoms with Crippen LogP contribution >= 0.6 is 11.6 Å². The van der Waals surface area contributed by atoms with Crippen LogP contribution in [-0.4, -0.2) is 33.0 Å². The number of carboxylic acids is 1. The van der Waals surface area contributed by atoms with Crippen molar-refractivity contribution in [3.05, 3.63) is 62.7 Å². The van der Waals surface area contributed by atoms with Gasteiger partial charge in [-0.05, 0) is 29.8 Å². The lowest BCUT2D eigenvalue weighted by atomic mass is 9.97. The molecule has 142 valence electrons. The van der Waals surface area contributed by atoms with E-state index < -0.39 is 45.8 Å². The van der Waals surface area contributed by atoms with Gasteiger partial charge in [0.25, 0.3) is 5.69 Å². The molecular weight excluding hydrogens is 395 g/mol. The monoisotopic (exact) mass is 403 g/mol. The molecule has 2 aromatic carbocycles. The first kappa shape index (κ1) is 20.3. The van der Waals surface area contributed by atoms with Crippen molar-refractivity contribution in [1.29, 1.82) is 0 Å². The lowest BCUT2D eigenvalue weighted by molar-refractivity contribution is -0.385. The molecule has 0 spiro atoms. The molecule has 0 bridgehead atoms. The number of benzene rings is 2. The zero-order valence-electron chi connectivity index (χ0n) is 13.0. The number of aliphatic hydroxyl groups is 1. The fourth-order valence-corrected chi connectivity index (χ4v) is 2.53. The van der Waals surface area contributed by atoms with Gasteiger partial charge < -0.3 is 10.2 Å². The molecule has 0 saturated carbocycles. The van der Waals surface area contributed by atoms with Crippen molar-refractivity contribution in [3.8, 4) is 11.1 Å². The molecule has 2 N–H and O–H groups in total. The zero-order chi connectivity index (χ0) is 20.5. The molecule has 1 atom stereocenters. The van der Waals surface area contributed by atoms with Gasteiger partial charge in [0, 0.05) is 16.7 Å². The SMILES string of the molecule is O=C(O)C(O)C(=O)c1cc(-c2ccc(C(F)(F)F)cc2Cl)ccc1[N+](=O)[O-]. The molecule has 7 nitrogen and oxygen atoms in total. The van der Waals surface area contributed by atoms with Gasteiger partial charge in [-0.3, -0.25) is 14.9 Å². The highest BCUT2D eigenvalue weighted by Crippen LogP contribution is 2.37. The van der Waals surface area contributed by atoms with Gasteiger partial charge in [0.05, 0.1) is 16.1 Å². The molecular formula is C16H9ClF3NO6. The van der Waals surface area contributed by atoms with E-state index in [4.69, 9.17) is 16.7 Å². The van der Waals surface area contributed by atoms with Crippen LogP contribution in [0.4, 0.5) is 18.9 Å². The van der Waals surface area contributed by atoms with E-state index in [1.807, 2.05) is 0 Å². The van der Waals surface area contributed by atoms with E-state index in [2.05, 4.69) is 0 Å². The molecule has 0 saturated heterocycles. The van der Waals surface area contributed by atoms with E-state index in [1.54, 1.807) is 0 Å². The van der Waals surface area contributed by atoms with Gasteiger partial charge in [0.15, 0.2) is 0 Å². The van der Waals surface area contributed by atoms with Gasteiger partial charge in [-0.25, -0.2) is 4.79 Å². The quantitative estimate of drug-likeness (QED) is 0.341. The number of halogens is 4. The predicted octanol–water partition coefficient (Wildman–Crippen LogP) is 3.56. The van der Waals surface area contributed by atoms with Crippen LogP contribution in [0.5, 0.6) is 0 Å². The summed E-state index contributed by atoms with van der Waals surface area (Å²) in [5.74, 6) is -3.36. The summed E-state index contributed by atoms with van der Waals surface area (Å²) in [6.07, 6.45) is -7.17. The van der Waals surface area contributed by atoms with Crippen molar-refractivity contribution < 1.29 is 37.9 Å². The van der Waals surface area contributed by atoms with Crippen molar-refractivity contribution in [3.63, 3.8) is 0 Å². The third-order valence-corrected chi connectivity index (χ3v) is 3.86. The highest BCUT2D eigenvalue weighted by molar-refractivity contribution is 6.33. The number of carboxylic acid groups (broad SMARTS) is 1. The van der Waals surface area contributed by atoms with E-state index in [0.717, 1.165) is 30.3 Å². The van der Waals surface area contributed by atoms with E-state index in [1.165, 1.54) is 0 Å². The van der Waals surface area contributed by atoms with Crippen LogP contribution in [0.2, 0.25) is 5.02 Å². The maximum atomic E-state index is 12.7. The molecule has 0 aliphatic rings. The van der Waals surface area contributed by atoms with Crippen LogP contribution in [0.25, 0.3) is 11.1 Å². The fourth-order valence-electron chi connectivity index (χ4n) is 2.25. The lowest BCUT2D eigenvalue weighted by Gasteiger charge is -2.12. The second kappa shape index (κ2) is 7.33. The summed E-state index contributed by atoms with van der Waals surface area (Å²) in [7, 11) is 0. The number of hydrogen-bond acceptors (Lipinski definition) is 5. The van der Waals surface area contributed by atoms with Crippen LogP contribution in [0, 0.1) is 10.1 Å². The molecule has 0 aliphatic carbocycles. The summed E-state index contributed by atoms with van der Waals surface area (Å²) in [6, 6.07) is 5.28. The Hall–Kier alpha value is -2.98. The summed E-state index contributed by atoms with van der Waals surface area (Å²) < 4.78 is 38.1. The molecule has 2 aromatic rings. The van der Waals surface area contributed by atoms with Gasteiger partial charge in [-0.2, -0.15) is 13.2 Å². The van der Waals surface area contributed by atoms with Gasteiger partial charge in [0.2, 0.25) is 11.9 Å². The first-order valence-electron chi connectivity index (χ1n) is 7.04. The van der Waals surface area contributed by atoms with Gasteiger partial charge in [-0.15, -0.1) is 0 Å². The Balaban J connectivity index is 2.60. The fraction of sp³-hybridized carbons (Fsp3) is 0.125. The zero-order valence-corrected chi connectivity index (χ0v) is 13.8.